The summed E-state index contributed by atoms with van der Waals surface area (Å²) in [5.74, 6) is 1.64. The molecule has 1 aromatic heterocycles. The Morgan fingerprint density at radius 2 is 2.24 bits per heavy atom. The molecule has 1 saturated carbocycles. The Hall–Kier alpha value is -1.39. The van der Waals surface area contributed by atoms with Gasteiger partial charge in [-0.15, -0.1) is 0 Å². The quantitative estimate of drug-likeness (QED) is 0.908. The average Bonchev–Trinajstić information content (AvgIpc) is 2.92. The zero-order valence-corrected chi connectivity index (χ0v) is 13.2. The molecule has 5 heteroatoms. The molecule has 112 valence electrons. The molecule has 2 aromatic rings. The number of rotatable bonds is 2. The maximum atomic E-state index is 6.51. The molecule has 0 radical (unpaired) electrons. The Morgan fingerprint density at radius 1 is 1.43 bits per heavy atom. The molecule has 4 nitrogen and oxygen atoms in total. The summed E-state index contributed by atoms with van der Waals surface area (Å²) in [6.45, 7) is 4.18. The monoisotopic (exact) mass is 305 g/mol. The van der Waals surface area contributed by atoms with E-state index in [1.807, 2.05) is 25.1 Å². The van der Waals surface area contributed by atoms with E-state index in [2.05, 4.69) is 17.1 Å². The van der Waals surface area contributed by atoms with E-state index in [1.54, 1.807) is 0 Å². The zero-order chi connectivity index (χ0) is 15.0. The normalized spacial score (nSPS) is 26.0. The minimum atomic E-state index is -0.476. The summed E-state index contributed by atoms with van der Waals surface area (Å²) >= 11 is 6.32. The molecule has 0 aliphatic heterocycles. The first-order valence-corrected chi connectivity index (χ1v) is 7.76. The minimum Gasteiger partial charge on any atom is -0.334 e. The standard InChI is InChI=1S/C16H20ClN3O/c1-10-5-4-8-16(18,9-10)15-19-14(21-20-15)12-7-3-6-11(2)13(12)17/h3,6-7,10H,4-5,8-9,18H2,1-2H3. The number of nitrogens with zero attached hydrogens (tertiary/aromatic N) is 2. The molecule has 2 unspecified atom stereocenters. The summed E-state index contributed by atoms with van der Waals surface area (Å²) in [5.41, 5.74) is 7.79. The van der Waals surface area contributed by atoms with E-state index in [0.717, 1.165) is 30.4 Å². The van der Waals surface area contributed by atoms with Gasteiger partial charge in [0.25, 0.3) is 5.89 Å². The van der Waals surface area contributed by atoms with Crippen LogP contribution in [0.15, 0.2) is 22.7 Å². The van der Waals surface area contributed by atoms with Crippen LogP contribution in [-0.2, 0) is 5.54 Å². The first-order valence-electron chi connectivity index (χ1n) is 7.38. The Bertz CT molecular complexity index is 655. The Balaban J connectivity index is 1.95. The maximum absolute atomic E-state index is 6.51. The lowest BCUT2D eigenvalue weighted by molar-refractivity contribution is 0.222. The fraction of sp³-hybridized carbons (Fsp3) is 0.500. The van der Waals surface area contributed by atoms with Gasteiger partial charge in [0.1, 0.15) is 0 Å². The van der Waals surface area contributed by atoms with Crippen LogP contribution in [0.4, 0.5) is 0 Å². The molecule has 3 rings (SSSR count). The number of halogens is 1. The zero-order valence-electron chi connectivity index (χ0n) is 12.4. The van der Waals surface area contributed by atoms with Crippen molar-refractivity contribution < 1.29 is 4.52 Å². The van der Waals surface area contributed by atoms with Gasteiger partial charge in [0.15, 0.2) is 5.82 Å². The van der Waals surface area contributed by atoms with Gasteiger partial charge in [0.05, 0.1) is 16.1 Å². The van der Waals surface area contributed by atoms with Crippen LogP contribution in [0.1, 0.15) is 44.0 Å². The van der Waals surface area contributed by atoms with Crippen molar-refractivity contribution in [2.24, 2.45) is 11.7 Å². The first kappa shape index (κ1) is 14.5. The van der Waals surface area contributed by atoms with Crippen molar-refractivity contribution in [3.05, 3.63) is 34.6 Å². The van der Waals surface area contributed by atoms with Crippen LogP contribution in [0.2, 0.25) is 5.02 Å². The van der Waals surface area contributed by atoms with Crippen LogP contribution < -0.4 is 5.73 Å². The van der Waals surface area contributed by atoms with E-state index in [0.29, 0.717) is 22.7 Å². The van der Waals surface area contributed by atoms with E-state index in [1.165, 1.54) is 6.42 Å². The van der Waals surface area contributed by atoms with Gasteiger partial charge >= 0.3 is 0 Å². The largest absolute Gasteiger partial charge is 0.334 e. The molecule has 2 atom stereocenters. The summed E-state index contributed by atoms with van der Waals surface area (Å²) < 4.78 is 5.41. The highest BCUT2D eigenvalue weighted by Crippen LogP contribution is 2.37. The molecule has 1 aliphatic carbocycles. The number of aryl methyl sites for hydroxylation is 1. The highest BCUT2D eigenvalue weighted by Gasteiger charge is 2.37. The van der Waals surface area contributed by atoms with Crippen molar-refractivity contribution in [3.63, 3.8) is 0 Å². The molecule has 21 heavy (non-hydrogen) atoms. The van der Waals surface area contributed by atoms with E-state index >= 15 is 0 Å². The summed E-state index contributed by atoms with van der Waals surface area (Å²) in [4.78, 5) is 4.53. The number of hydrogen-bond acceptors (Lipinski definition) is 4. The van der Waals surface area contributed by atoms with E-state index < -0.39 is 5.54 Å². The number of aromatic nitrogens is 2. The maximum Gasteiger partial charge on any atom is 0.259 e. The lowest BCUT2D eigenvalue weighted by atomic mass is 9.76. The van der Waals surface area contributed by atoms with Crippen molar-refractivity contribution in [2.75, 3.05) is 0 Å². The topological polar surface area (TPSA) is 64.9 Å². The Labute approximate surface area is 129 Å². The summed E-state index contributed by atoms with van der Waals surface area (Å²) in [7, 11) is 0. The van der Waals surface area contributed by atoms with Gasteiger partial charge in [-0.3, -0.25) is 0 Å². The molecule has 0 amide bonds. The fourth-order valence-electron chi connectivity index (χ4n) is 3.14. The van der Waals surface area contributed by atoms with Gasteiger partial charge in [-0.25, -0.2) is 0 Å². The average molecular weight is 306 g/mol. The number of benzene rings is 1. The van der Waals surface area contributed by atoms with E-state index in [-0.39, 0.29) is 0 Å². The van der Waals surface area contributed by atoms with Gasteiger partial charge in [0, 0.05) is 0 Å². The lowest BCUT2D eigenvalue weighted by Crippen LogP contribution is -2.42. The van der Waals surface area contributed by atoms with Crippen LogP contribution in [0, 0.1) is 12.8 Å². The van der Waals surface area contributed by atoms with Crippen LogP contribution >= 0.6 is 11.6 Å². The lowest BCUT2D eigenvalue weighted by Gasteiger charge is -2.33. The molecular formula is C16H20ClN3O. The summed E-state index contributed by atoms with van der Waals surface area (Å²) in [6, 6.07) is 5.77. The van der Waals surface area contributed by atoms with Crippen LogP contribution in [0.25, 0.3) is 11.5 Å². The van der Waals surface area contributed by atoms with Gasteiger partial charge in [-0.2, -0.15) is 4.98 Å². The molecule has 1 heterocycles. The molecule has 0 spiro atoms. The molecule has 2 N–H and O–H groups in total. The van der Waals surface area contributed by atoms with Crippen LogP contribution in [-0.4, -0.2) is 10.1 Å². The second-order valence-electron chi connectivity index (χ2n) is 6.22. The Morgan fingerprint density at radius 3 is 3.00 bits per heavy atom. The van der Waals surface area contributed by atoms with Crippen LogP contribution in [0.3, 0.4) is 0 Å². The molecule has 1 fully saturated rings. The smallest absolute Gasteiger partial charge is 0.259 e. The van der Waals surface area contributed by atoms with Gasteiger partial charge in [-0.1, -0.05) is 48.7 Å². The second-order valence-corrected chi connectivity index (χ2v) is 6.60. The van der Waals surface area contributed by atoms with E-state index in [9.17, 15) is 0 Å². The molecule has 0 saturated heterocycles. The van der Waals surface area contributed by atoms with Crippen molar-refractivity contribution in [2.45, 2.75) is 45.1 Å². The van der Waals surface area contributed by atoms with Gasteiger partial charge in [-0.05, 0) is 37.3 Å². The molecular weight excluding hydrogens is 286 g/mol. The summed E-state index contributed by atoms with van der Waals surface area (Å²) in [5, 5.41) is 4.77. The molecule has 1 aromatic carbocycles. The van der Waals surface area contributed by atoms with Crippen molar-refractivity contribution in [3.8, 4) is 11.5 Å². The third-order valence-corrected chi connectivity index (χ3v) is 4.83. The fourth-order valence-corrected chi connectivity index (χ4v) is 3.35. The predicted octanol–water partition coefficient (Wildman–Crippen LogP) is 4.06. The highest BCUT2D eigenvalue weighted by atomic mass is 35.5. The van der Waals surface area contributed by atoms with Crippen molar-refractivity contribution >= 4 is 11.6 Å². The SMILES string of the molecule is Cc1cccc(-c2nc(C3(N)CCCC(C)C3)no2)c1Cl. The minimum absolute atomic E-state index is 0.446. The van der Waals surface area contributed by atoms with Gasteiger partial charge in [0.2, 0.25) is 0 Å². The van der Waals surface area contributed by atoms with Crippen molar-refractivity contribution in [1.82, 2.24) is 10.1 Å². The predicted molar refractivity (Wildman–Crippen MR) is 83.0 cm³/mol. The first-order chi connectivity index (χ1) is 9.99. The third-order valence-electron chi connectivity index (χ3n) is 4.33. The number of nitrogens with two attached hydrogens (primary N) is 1. The second kappa shape index (κ2) is 5.43. The third kappa shape index (κ3) is 2.70. The number of hydrogen-bond donors (Lipinski definition) is 1. The van der Waals surface area contributed by atoms with E-state index in [4.69, 9.17) is 21.9 Å². The summed E-state index contributed by atoms with van der Waals surface area (Å²) in [6.07, 6.45) is 4.12. The van der Waals surface area contributed by atoms with Crippen molar-refractivity contribution in [1.29, 1.82) is 0 Å². The van der Waals surface area contributed by atoms with Gasteiger partial charge < -0.3 is 10.3 Å². The Kier molecular flexibility index (Phi) is 3.76. The highest BCUT2D eigenvalue weighted by molar-refractivity contribution is 6.33. The molecule has 1 aliphatic rings. The molecule has 0 bridgehead atoms. The van der Waals surface area contributed by atoms with Crippen LogP contribution in [0.5, 0.6) is 0 Å².